The topological polar surface area (TPSA) is 12.0 Å². The van der Waals surface area contributed by atoms with E-state index >= 15 is 0 Å². The third-order valence-corrected chi connectivity index (χ3v) is 3.97. The van der Waals surface area contributed by atoms with Crippen molar-refractivity contribution in [3.8, 4) is 0 Å². The first-order valence-corrected chi connectivity index (χ1v) is 7.04. The van der Waals surface area contributed by atoms with E-state index in [0.717, 1.165) is 6.54 Å². The molecule has 1 aliphatic rings. The Bertz CT molecular complexity index is 149. The van der Waals surface area contributed by atoms with E-state index in [2.05, 4.69) is 19.2 Å². The predicted molar refractivity (Wildman–Crippen MR) is 68.2 cm³/mol. The maximum Gasteiger partial charge on any atom is 0.000769 e. The SMILES string of the molecule is CCCCCCCC1(CNCC)CCC1. The molecule has 1 N–H and O–H groups in total. The Morgan fingerprint density at radius 1 is 1.00 bits per heavy atom. The molecule has 1 aliphatic carbocycles. The van der Waals surface area contributed by atoms with Gasteiger partial charge in [0.15, 0.2) is 0 Å². The molecule has 0 aromatic carbocycles. The number of hydrogen-bond acceptors (Lipinski definition) is 1. The van der Waals surface area contributed by atoms with E-state index < -0.39 is 0 Å². The zero-order chi connectivity index (χ0) is 11.0. The van der Waals surface area contributed by atoms with Crippen LogP contribution in [0, 0.1) is 5.41 Å². The molecule has 0 radical (unpaired) electrons. The summed E-state index contributed by atoms with van der Waals surface area (Å²) in [5.41, 5.74) is 0.711. The molecule has 90 valence electrons. The van der Waals surface area contributed by atoms with Gasteiger partial charge in [0.05, 0.1) is 0 Å². The monoisotopic (exact) mass is 211 g/mol. The maximum absolute atomic E-state index is 3.54. The van der Waals surface area contributed by atoms with Gasteiger partial charge in [-0.1, -0.05) is 52.4 Å². The van der Waals surface area contributed by atoms with Gasteiger partial charge in [-0.15, -0.1) is 0 Å². The van der Waals surface area contributed by atoms with Crippen molar-refractivity contribution in [3.05, 3.63) is 0 Å². The van der Waals surface area contributed by atoms with Crippen LogP contribution in [0.4, 0.5) is 0 Å². The zero-order valence-electron chi connectivity index (χ0n) is 10.8. The molecule has 1 nitrogen and oxygen atoms in total. The summed E-state index contributed by atoms with van der Waals surface area (Å²) in [5.74, 6) is 0. The van der Waals surface area contributed by atoms with Gasteiger partial charge in [-0.3, -0.25) is 0 Å². The van der Waals surface area contributed by atoms with E-state index in [0.29, 0.717) is 5.41 Å². The van der Waals surface area contributed by atoms with Crippen LogP contribution < -0.4 is 5.32 Å². The summed E-state index contributed by atoms with van der Waals surface area (Å²) in [6.45, 7) is 6.92. The van der Waals surface area contributed by atoms with Crippen LogP contribution in [0.5, 0.6) is 0 Å². The van der Waals surface area contributed by atoms with E-state index in [1.54, 1.807) is 0 Å². The molecule has 1 saturated carbocycles. The van der Waals surface area contributed by atoms with Gasteiger partial charge in [0.25, 0.3) is 0 Å². The van der Waals surface area contributed by atoms with Crippen molar-refractivity contribution in [1.29, 1.82) is 0 Å². The average molecular weight is 211 g/mol. The van der Waals surface area contributed by atoms with Gasteiger partial charge in [0.1, 0.15) is 0 Å². The second kappa shape index (κ2) is 7.27. The van der Waals surface area contributed by atoms with Gasteiger partial charge in [-0.25, -0.2) is 0 Å². The molecule has 0 aliphatic heterocycles. The average Bonchev–Trinajstić information content (AvgIpc) is 2.20. The minimum atomic E-state index is 0.711. The van der Waals surface area contributed by atoms with E-state index in [9.17, 15) is 0 Å². The quantitative estimate of drug-likeness (QED) is 0.566. The van der Waals surface area contributed by atoms with Crippen molar-refractivity contribution in [2.24, 2.45) is 5.41 Å². The largest absolute Gasteiger partial charge is 0.316 e. The number of rotatable bonds is 9. The standard InChI is InChI=1S/C14H29N/c1-3-5-6-7-8-10-14(11-9-12-14)13-15-4-2/h15H,3-13H2,1-2H3. The molecule has 0 aromatic rings. The van der Waals surface area contributed by atoms with Gasteiger partial charge < -0.3 is 5.32 Å². The molecule has 0 heterocycles. The summed E-state index contributed by atoms with van der Waals surface area (Å²) >= 11 is 0. The van der Waals surface area contributed by atoms with Crippen LogP contribution in [0.15, 0.2) is 0 Å². The van der Waals surface area contributed by atoms with Gasteiger partial charge in [0.2, 0.25) is 0 Å². The summed E-state index contributed by atoms with van der Waals surface area (Å²) in [6.07, 6.45) is 13.1. The Morgan fingerprint density at radius 3 is 2.27 bits per heavy atom. The minimum absolute atomic E-state index is 0.711. The smallest absolute Gasteiger partial charge is 0.000769 e. The molecule has 0 spiro atoms. The lowest BCUT2D eigenvalue weighted by atomic mass is 9.66. The van der Waals surface area contributed by atoms with E-state index in [1.807, 2.05) is 0 Å². The third-order valence-electron chi connectivity index (χ3n) is 3.97. The van der Waals surface area contributed by atoms with Crippen LogP contribution >= 0.6 is 0 Å². The molecule has 0 bridgehead atoms. The lowest BCUT2D eigenvalue weighted by Gasteiger charge is -2.42. The van der Waals surface area contributed by atoms with Gasteiger partial charge in [-0.05, 0) is 31.2 Å². The van der Waals surface area contributed by atoms with Crippen LogP contribution in [-0.2, 0) is 0 Å². The highest BCUT2D eigenvalue weighted by molar-refractivity contribution is 4.89. The summed E-state index contributed by atoms with van der Waals surface area (Å²) in [4.78, 5) is 0. The zero-order valence-corrected chi connectivity index (χ0v) is 10.8. The normalized spacial score (nSPS) is 18.8. The highest BCUT2D eigenvalue weighted by Crippen LogP contribution is 2.44. The first-order valence-electron chi connectivity index (χ1n) is 7.04. The van der Waals surface area contributed by atoms with Crippen molar-refractivity contribution >= 4 is 0 Å². The summed E-state index contributed by atoms with van der Waals surface area (Å²) < 4.78 is 0. The molecule has 0 amide bonds. The van der Waals surface area contributed by atoms with Crippen LogP contribution in [0.3, 0.4) is 0 Å². The molecule has 0 atom stereocenters. The van der Waals surface area contributed by atoms with Crippen LogP contribution in [0.25, 0.3) is 0 Å². The fraction of sp³-hybridized carbons (Fsp3) is 1.00. The Labute approximate surface area is 96.0 Å². The Balaban J connectivity index is 2.05. The summed E-state index contributed by atoms with van der Waals surface area (Å²) in [7, 11) is 0. The maximum atomic E-state index is 3.54. The van der Waals surface area contributed by atoms with Crippen molar-refractivity contribution in [3.63, 3.8) is 0 Å². The number of unbranched alkanes of at least 4 members (excludes halogenated alkanes) is 4. The highest BCUT2D eigenvalue weighted by Gasteiger charge is 2.35. The second-order valence-electron chi connectivity index (χ2n) is 5.30. The van der Waals surface area contributed by atoms with E-state index in [4.69, 9.17) is 0 Å². The van der Waals surface area contributed by atoms with Crippen molar-refractivity contribution in [2.75, 3.05) is 13.1 Å². The molecule has 1 heteroatoms. The van der Waals surface area contributed by atoms with E-state index in [1.165, 1.54) is 64.3 Å². The lowest BCUT2D eigenvalue weighted by Crippen LogP contribution is -2.39. The third kappa shape index (κ3) is 4.55. The van der Waals surface area contributed by atoms with E-state index in [-0.39, 0.29) is 0 Å². The van der Waals surface area contributed by atoms with Gasteiger partial charge in [0, 0.05) is 6.54 Å². The summed E-state index contributed by atoms with van der Waals surface area (Å²) in [6, 6.07) is 0. The Hall–Kier alpha value is -0.0400. The van der Waals surface area contributed by atoms with Crippen LogP contribution in [0.2, 0.25) is 0 Å². The Kier molecular flexibility index (Phi) is 6.31. The number of hydrogen-bond donors (Lipinski definition) is 1. The second-order valence-corrected chi connectivity index (χ2v) is 5.30. The molecule has 0 unspecified atom stereocenters. The van der Waals surface area contributed by atoms with Crippen LogP contribution in [0.1, 0.15) is 71.6 Å². The summed E-state index contributed by atoms with van der Waals surface area (Å²) in [5, 5.41) is 3.54. The van der Waals surface area contributed by atoms with Gasteiger partial charge in [-0.2, -0.15) is 0 Å². The molecule has 1 rings (SSSR count). The molecular weight excluding hydrogens is 182 g/mol. The van der Waals surface area contributed by atoms with Crippen molar-refractivity contribution < 1.29 is 0 Å². The molecule has 0 saturated heterocycles. The Morgan fingerprint density at radius 2 is 1.73 bits per heavy atom. The minimum Gasteiger partial charge on any atom is -0.316 e. The van der Waals surface area contributed by atoms with Gasteiger partial charge >= 0.3 is 0 Å². The lowest BCUT2D eigenvalue weighted by molar-refractivity contribution is 0.113. The molecule has 0 aromatic heterocycles. The first kappa shape index (κ1) is 13.0. The van der Waals surface area contributed by atoms with Crippen molar-refractivity contribution in [2.45, 2.75) is 71.6 Å². The fourth-order valence-electron chi connectivity index (χ4n) is 2.69. The number of nitrogens with one attached hydrogen (secondary N) is 1. The molecular formula is C14H29N. The molecule has 15 heavy (non-hydrogen) atoms. The predicted octanol–water partition coefficient (Wildman–Crippen LogP) is 4.13. The van der Waals surface area contributed by atoms with Crippen molar-refractivity contribution in [1.82, 2.24) is 5.32 Å². The van der Waals surface area contributed by atoms with Crippen LogP contribution in [-0.4, -0.2) is 13.1 Å². The highest BCUT2D eigenvalue weighted by atomic mass is 14.9. The first-order chi connectivity index (χ1) is 7.33. The fourth-order valence-corrected chi connectivity index (χ4v) is 2.69. The molecule has 1 fully saturated rings.